The van der Waals surface area contributed by atoms with Gasteiger partial charge in [0.25, 0.3) is 0 Å². The Balaban J connectivity index is 2.71. The molecule has 0 aliphatic carbocycles. The van der Waals surface area contributed by atoms with Crippen molar-refractivity contribution in [2.45, 2.75) is 39.0 Å². The Kier molecular flexibility index (Phi) is 5.49. The Morgan fingerprint density at radius 2 is 2.00 bits per heavy atom. The van der Waals surface area contributed by atoms with Crippen LogP contribution in [0.3, 0.4) is 0 Å². The monoisotopic (exact) mass is 253 g/mol. The van der Waals surface area contributed by atoms with Crippen molar-refractivity contribution in [2.24, 2.45) is 5.92 Å². The summed E-state index contributed by atoms with van der Waals surface area (Å²) in [4.78, 5) is 11.8. The quantitative estimate of drug-likeness (QED) is 0.776. The van der Waals surface area contributed by atoms with E-state index in [2.05, 4.69) is 19.2 Å². The third-order valence-electron chi connectivity index (χ3n) is 2.89. The number of carbonyl (C=O) groups is 1. The Bertz CT molecular complexity index is 376. The second-order valence-corrected chi connectivity index (χ2v) is 5.12. The van der Waals surface area contributed by atoms with E-state index in [1.807, 2.05) is 31.2 Å². The highest BCUT2D eigenvalue weighted by Gasteiger charge is 2.11. The van der Waals surface area contributed by atoms with Crippen molar-refractivity contribution in [3.05, 3.63) is 29.8 Å². The van der Waals surface area contributed by atoms with E-state index in [9.17, 15) is 4.79 Å². The normalized spacial score (nSPS) is 14.1. The fourth-order valence-electron chi connectivity index (χ4n) is 1.62. The number of carbonyl (C=O) groups excluding carboxylic acids is 1. The molecule has 0 fully saturated rings. The number of amides is 1. The third-order valence-corrected chi connectivity index (χ3v) is 3.13. The summed E-state index contributed by atoms with van der Waals surface area (Å²) < 4.78 is 0. The topological polar surface area (TPSA) is 29.1 Å². The van der Waals surface area contributed by atoms with Crippen LogP contribution in [0.1, 0.15) is 44.6 Å². The second-order valence-electron chi connectivity index (χ2n) is 4.47. The maximum absolute atomic E-state index is 11.8. The lowest BCUT2D eigenvalue weighted by molar-refractivity contribution is -0.117. The van der Waals surface area contributed by atoms with Crippen LogP contribution in [0.15, 0.2) is 24.3 Å². The highest BCUT2D eigenvalue weighted by Crippen LogP contribution is 2.27. The molecule has 0 aromatic heterocycles. The maximum Gasteiger partial charge on any atom is 0.224 e. The average molecular weight is 254 g/mol. The van der Waals surface area contributed by atoms with Gasteiger partial charge in [-0.1, -0.05) is 38.5 Å². The number of benzene rings is 1. The van der Waals surface area contributed by atoms with Crippen molar-refractivity contribution in [3.63, 3.8) is 0 Å². The number of hydrogen-bond acceptors (Lipinski definition) is 1. The van der Waals surface area contributed by atoms with Crippen molar-refractivity contribution in [1.29, 1.82) is 0 Å². The number of halogens is 1. The number of anilines is 1. The number of hydrogen-bond donors (Lipinski definition) is 1. The molecular formula is C14H20ClNO. The molecule has 1 rings (SSSR count). The molecule has 1 aromatic rings. The number of para-hydroxylation sites is 1. The first-order valence-electron chi connectivity index (χ1n) is 6.07. The zero-order chi connectivity index (χ0) is 12.8. The molecule has 0 heterocycles. The fourth-order valence-corrected chi connectivity index (χ4v) is 1.81. The number of nitrogens with one attached hydrogen (secondary N) is 1. The molecule has 0 saturated carbocycles. The van der Waals surface area contributed by atoms with Crippen molar-refractivity contribution in [3.8, 4) is 0 Å². The summed E-state index contributed by atoms with van der Waals surface area (Å²) in [6.45, 7) is 6.07. The molecule has 0 spiro atoms. The summed E-state index contributed by atoms with van der Waals surface area (Å²) in [5.74, 6) is 0.472. The van der Waals surface area contributed by atoms with E-state index >= 15 is 0 Å². The smallest absolute Gasteiger partial charge is 0.224 e. The van der Waals surface area contributed by atoms with Crippen LogP contribution in [0, 0.1) is 5.92 Å². The highest BCUT2D eigenvalue weighted by molar-refractivity contribution is 6.21. The molecule has 1 aromatic carbocycles. The molecule has 94 valence electrons. The molecule has 0 aliphatic rings. The molecule has 2 atom stereocenters. The van der Waals surface area contributed by atoms with Crippen molar-refractivity contribution in [2.75, 3.05) is 5.32 Å². The first-order chi connectivity index (χ1) is 8.04. The molecule has 1 amide bonds. The van der Waals surface area contributed by atoms with Crippen LogP contribution in [0.2, 0.25) is 0 Å². The van der Waals surface area contributed by atoms with Gasteiger partial charge in [0.2, 0.25) is 5.91 Å². The van der Waals surface area contributed by atoms with E-state index < -0.39 is 0 Å². The summed E-state index contributed by atoms with van der Waals surface area (Å²) >= 11 is 6.07. The maximum atomic E-state index is 11.8. The predicted molar refractivity (Wildman–Crippen MR) is 73.4 cm³/mol. The van der Waals surface area contributed by atoms with Crippen molar-refractivity contribution in [1.82, 2.24) is 0 Å². The van der Waals surface area contributed by atoms with Gasteiger partial charge in [0.15, 0.2) is 0 Å². The second kappa shape index (κ2) is 6.65. The largest absolute Gasteiger partial charge is 0.326 e. The van der Waals surface area contributed by atoms with Crippen LogP contribution in [-0.2, 0) is 4.79 Å². The van der Waals surface area contributed by atoms with E-state index in [-0.39, 0.29) is 11.3 Å². The van der Waals surface area contributed by atoms with Crippen LogP contribution in [0.25, 0.3) is 0 Å². The summed E-state index contributed by atoms with van der Waals surface area (Å²) in [6.07, 6.45) is 1.57. The Morgan fingerprint density at radius 3 is 2.59 bits per heavy atom. The molecule has 0 saturated heterocycles. The van der Waals surface area contributed by atoms with Gasteiger partial charge in [-0.05, 0) is 24.5 Å². The lowest BCUT2D eigenvalue weighted by Gasteiger charge is -2.14. The minimum Gasteiger partial charge on any atom is -0.326 e. The SMILES string of the molecule is CCC(C)CC(=O)Nc1ccccc1C(C)Cl. The molecule has 0 bridgehead atoms. The molecular weight excluding hydrogens is 234 g/mol. The zero-order valence-electron chi connectivity index (χ0n) is 10.7. The van der Waals surface area contributed by atoms with Gasteiger partial charge < -0.3 is 5.32 Å². The first-order valence-corrected chi connectivity index (χ1v) is 6.51. The van der Waals surface area contributed by atoms with Crippen LogP contribution in [0.5, 0.6) is 0 Å². The van der Waals surface area contributed by atoms with Gasteiger partial charge >= 0.3 is 0 Å². The van der Waals surface area contributed by atoms with E-state index in [1.165, 1.54) is 0 Å². The Labute approximate surface area is 108 Å². The lowest BCUT2D eigenvalue weighted by atomic mass is 10.0. The molecule has 17 heavy (non-hydrogen) atoms. The minimum absolute atomic E-state index is 0.0594. The third kappa shape index (κ3) is 4.39. The summed E-state index contributed by atoms with van der Waals surface area (Å²) in [5.41, 5.74) is 1.79. The molecule has 1 N–H and O–H groups in total. The first kappa shape index (κ1) is 14.0. The Hall–Kier alpha value is -1.02. The highest BCUT2D eigenvalue weighted by atomic mass is 35.5. The van der Waals surface area contributed by atoms with Crippen molar-refractivity contribution < 1.29 is 4.79 Å². The van der Waals surface area contributed by atoms with Gasteiger partial charge in [-0.3, -0.25) is 4.79 Å². The summed E-state index contributed by atoms with van der Waals surface area (Å²) in [5, 5.41) is 2.83. The Morgan fingerprint density at radius 1 is 1.35 bits per heavy atom. The van der Waals surface area contributed by atoms with Crippen LogP contribution in [-0.4, -0.2) is 5.91 Å². The van der Waals surface area contributed by atoms with E-state index in [0.29, 0.717) is 12.3 Å². The molecule has 2 unspecified atom stereocenters. The number of rotatable bonds is 5. The number of alkyl halides is 1. The van der Waals surface area contributed by atoms with Gasteiger partial charge in [-0.25, -0.2) is 0 Å². The van der Waals surface area contributed by atoms with Crippen LogP contribution < -0.4 is 5.32 Å². The van der Waals surface area contributed by atoms with Gasteiger partial charge in [0.1, 0.15) is 0 Å². The van der Waals surface area contributed by atoms with E-state index in [0.717, 1.165) is 17.7 Å². The van der Waals surface area contributed by atoms with Crippen LogP contribution in [0.4, 0.5) is 5.69 Å². The molecule has 2 nitrogen and oxygen atoms in total. The van der Waals surface area contributed by atoms with Crippen LogP contribution >= 0.6 is 11.6 Å². The fraction of sp³-hybridized carbons (Fsp3) is 0.500. The summed E-state index contributed by atoms with van der Waals surface area (Å²) in [6, 6.07) is 7.67. The summed E-state index contributed by atoms with van der Waals surface area (Å²) in [7, 11) is 0. The molecule has 3 heteroatoms. The van der Waals surface area contributed by atoms with Crippen molar-refractivity contribution >= 4 is 23.2 Å². The van der Waals surface area contributed by atoms with Gasteiger partial charge in [0.05, 0.1) is 5.38 Å². The van der Waals surface area contributed by atoms with E-state index in [1.54, 1.807) is 0 Å². The average Bonchev–Trinajstić information content (AvgIpc) is 2.29. The molecule has 0 radical (unpaired) electrons. The lowest BCUT2D eigenvalue weighted by Crippen LogP contribution is -2.16. The standard InChI is InChI=1S/C14H20ClNO/c1-4-10(2)9-14(17)16-13-8-6-5-7-12(13)11(3)15/h5-8,10-11H,4,9H2,1-3H3,(H,16,17). The van der Waals surface area contributed by atoms with Gasteiger partial charge in [0, 0.05) is 12.1 Å². The van der Waals surface area contributed by atoms with Gasteiger partial charge in [-0.15, -0.1) is 11.6 Å². The predicted octanol–water partition coefficient (Wildman–Crippen LogP) is 4.36. The van der Waals surface area contributed by atoms with E-state index in [4.69, 9.17) is 11.6 Å². The molecule has 0 aliphatic heterocycles. The van der Waals surface area contributed by atoms with Gasteiger partial charge in [-0.2, -0.15) is 0 Å². The minimum atomic E-state index is -0.102. The zero-order valence-corrected chi connectivity index (χ0v) is 11.4.